The molecule has 1 aromatic rings. The van der Waals surface area contributed by atoms with Gasteiger partial charge in [0.05, 0.1) is 6.42 Å². The third-order valence-electron chi connectivity index (χ3n) is 5.29. The van der Waals surface area contributed by atoms with Gasteiger partial charge in [-0.3, -0.25) is 9.69 Å². The average molecular weight is 300 g/mol. The molecule has 2 unspecified atom stereocenters. The van der Waals surface area contributed by atoms with Gasteiger partial charge in [0, 0.05) is 32.2 Å². The highest BCUT2D eigenvalue weighted by Gasteiger charge is 2.28. The summed E-state index contributed by atoms with van der Waals surface area (Å²) in [7, 11) is 0. The smallest absolute Gasteiger partial charge is 0.227 e. The maximum atomic E-state index is 12.4. The van der Waals surface area contributed by atoms with Gasteiger partial charge in [-0.1, -0.05) is 50.1 Å². The number of hydrogen-bond acceptors (Lipinski definition) is 2. The predicted molar refractivity (Wildman–Crippen MR) is 89.7 cm³/mol. The lowest BCUT2D eigenvalue weighted by molar-refractivity contribution is -0.132. The van der Waals surface area contributed by atoms with Gasteiger partial charge < -0.3 is 4.90 Å². The van der Waals surface area contributed by atoms with Crippen molar-refractivity contribution >= 4 is 5.91 Å². The van der Waals surface area contributed by atoms with Gasteiger partial charge >= 0.3 is 0 Å². The number of amides is 1. The van der Waals surface area contributed by atoms with Crippen LogP contribution in [0.5, 0.6) is 0 Å². The second kappa shape index (κ2) is 7.28. The third-order valence-corrected chi connectivity index (χ3v) is 5.29. The number of carbonyl (C=O) groups excluding carboxylic acids is 1. The molecular weight excluding hydrogens is 272 g/mol. The number of nitrogens with zero attached hydrogens (tertiary/aromatic N) is 2. The van der Waals surface area contributed by atoms with Crippen molar-refractivity contribution in [3.63, 3.8) is 0 Å². The van der Waals surface area contributed by atoms with Gasteiger partial charge in [-0.25, -0.2) is 0 Å². The Balaban J connectivity index is 1.48. The van der Waals surface area contributed by atoms with E-state index >= 15 is 0 Å². The lowest BCUT2D eigenvalue weighted by Crippen LogP contribution is -2.53. The molecule has 120 valence electrons. The van der Waals surface area contributed by atoms with Crippen molar-refractivity contribution in [1.82, 2.24) is 9.80 Å². The first-order chi connectivity index (χ1) is 10.7. The lowest BCUT2D eigenvalue weighted by Gasteiger charge is -2.42. The van der Waals surface area contributed by atoms with Crippen LogP contribution in [0.4, 0.5) is 0 Å². The van der Waals surface area contributed by atoms with Crippen LogP contribution in [0.2, 0.25) is 0 Å². The predicted octanol–water partition coefficient (Wildman–Crippen LogP) is 2.95. The number of piperazine rings is 1. The van der Waals surface area contributed by atoms with Crippen LogP contribution in [0.15, 0.2) is 30.3 Å². The summed E-state index contributed by atoms with van der Waals surface area (Å²) in [5.41, 5.74) is 1.12. The summed E-state index contributed by atoms with van der Waals surface area (Å²) in [4.78, 5) is 17.1. The van der Waals surface area contributed by atoms with Crippen molar-refractivity contribution in [3.05, 3.63) is 35.9 Å². The first-order valence-electron chi connectivity index (χ1n) is 8.78. The summed E-state index contributed by atoms with van der Waals surface area (Å²) < 4.78 is 0. The van der Waals surface area contributed by atoms with Crippen molar-refractivity contribution in [1.29, 1.82) is 0 Å². The standard InChI is InChI=1S/C19H28N2O/c1-16-6-5-9-18(14-16)20-10-12-21(13-11-20)19(22)15-17-7-3-2-4-8-17/h2-4,7-8,16,18H,5-6,9-15H2,1H3. The summed E-state index contributed by atoms with van der Waals surface area (Å²) in [5.74, 6) is 1.15. The van der Waals surface area contributed by atoms with Crippen LogP contribution in [0.25, 0.3) is 0 Å². The van der Waals surface area contributed by atoms with Crippen LogP contribution in [-0.2, 0) is 11.2 Å². The Labute approximate surface area is 134 Å². The Bertz CT molecular complexity index is 479. The van der Waals surface area contributed by atoms with E-state index in [0.29, 0.717) is 6.42 Å². The molecular formula is C19H28N2O. The van der Waals surface area contributed by atoms with Crippen molar-refractivity contribution in [3.8, 4) is 0 Å². The Kier molecular flexibility index (Phi) is 5.14. The zero-order valence-electron chi connectivity index (χ0n) is 13.7. The SMILES string of the molecule is CC1CCCC(N2CCN(C(=O)Cc3ccccc3)CC2)C1. The van der Waals surface area contributed by atoms with Gasteiger partial charge in [0.1, 0.15) is 0 Å². The van der Waals surface area contributed by atoms with Crippen molar-refractivity contribution in [2.24, 2.45) is 5.92 Å². The van der Waals surface area contributed by atoms with E-state index in [2.05, 4.69) is 16.7 Å². The largest absolute Gasteiger partial charge is 0.340 e. The summed E-state index contributed by atoms with van der Waals surface area (Å²) in [6, 6.07) is 10.8. The molecule has 1 saturated heterocycles. The van der Waals surface area contributed by atoms with Gasteiger partial charge in [0.15, 0.2) is 0 Å². The van der Waals surface area contributed by atoms with E-state index < -0.39 is 0 Å². The monoisotopic (exact) mass is 300 g/mol. The number of benzene rings is 1. The number of carbonyl (C=O) groups is 1. The quantitative estimate of drug-likeness (QED) is 0.857. The molecule has 1 amide bonds. The molecule has 1 aliphatic heterocycles. The molecule has 2 atom stereocenters. The normalized spacial score (nSPS) is 26.9. The molecule has 2 aliphatic rings. The fourth-order valence-electron chi connectivity index (χ4n) is 3.95. The molecule has 3 heteroatoms. The van der Waals surface area contributed by atoms with Crippen LogP contribution >= 0.6 is 0 Å². The molecule has 0 radical (unpaired) electrons. The van der Waals surface area contributed by atoms with Gasteiger partial charge in [-0.05, 0) is 24.3 Å². The third kappa shape index (κ3) is 3.89. The minimum Gasteiger partial charge on any atom is -0.340 e. The Morgan fingerprint density at radius 2 is 1.82 bits per heavy atom. The minimum atomic E-state index is 0.280. The fraction of sp³-hybridized carbons (Fsp3) is 0.632. The van der Waals surface area contributed by atoms with Crippen LogP contribution in [0.3, 0.4) is 0 Å². The topological polar surface area (TPSA) is 23.6 Å². The summed E-state index contributed by atoms with van der Waals surface area (Å²) in [6.45, 7) is 6.29. The lowest BCUT2D eigenvalue weighted by atomic mass is 9.86. The van der Waals surface area contributed by atoms with Crippen molar-refractivity contribution in [2.45, 2.75) is 45.1 Å². The molecule has 22 heavy (non-hydrogen) atoms. The van der Waals surface area contributed by atoms with Gasteiger partial charge in [0.25, 0.3) is 0 Å². The molecule has 3 rings (SSSR count). The maximum Gasteiger partial charge on any atom is 0.227 e. The molecule has 1 saturated carbocycles. The van der Waals surface area contributed by atoms with Crippen LogP contribution in [0.1, 0.15) is 38.2 Å². The first-order valence-corrected chi connectivity index (χ1v) is 8.78. The molecule has 0 spiro atoms. The second-order valence-corrected chi connectivity index (χ2v) is 7.00. The molecule has 1 aliphatic carbocycles. The minimum absolute atomic E-state index is 0.280. The van der Waals surface area contributed by atoms with Gasteiger partial charge in [0.2, 0.25) is 5.91 Å². The van der Waals surface area contributed by atoms with Crippen LogP contribution in [0, 0.1) is 5.92 Å². The van der Waals surface area contributed by atoms with Crippen LogP contribution in [-0.4, -0.2) is 47.9 Å². The molecule has 2 fully saturated rings. The summed E-state index contributed by atoms with van der Waals surface area (Å²) in [5, 5.41) is 0. The molecule has 0 bridgehead atoms. The highest BCUT2D eigenvalue weighted by atomic mass is 16.2. The van der Waals surface area contributed by atoms with Crippen LogP contribution < -0.4 is 0 Å². The van der Waals surface area contributed by atoms with Gasteiger partial charge in [-0.15, -0.1) is 0 Å². The van der Waals surface area contributed by atoms with E-state index in [9.17, 15) is 4.79 Å². The van der Waals surface area contributed by atoms with Crippen molar-refractivity contribution < 1.29 is 4.79 Å². The molecule has 3 nitrogen and oxygen atoms in total. The number of rotatable bonds is 3. The van der Waals surface area contributed by atoms with Gasteiger partial charge in [-0.2, -0.15) is 0 Å². The zero-order valence-corrected chi connectivity index (χ0v) is 13.7. The zero-order chi connectivity index (χ0) is 15.4. The Morgan fingerprint density at radius 3 is 2.50 bits per heavy atom. The highest BCUT2D eigenvalue weighted by molar-refractivity contribution is 5.78. The maximum absolute atomic E-state index is 12.4. The Hall–Kier alpha value is -1.35. The average Bonchev–Trinajstić information content (AvgIpc) is 2.56. The molecule has 0 N–H and O–H groups in total. The number of hydrogen-bond donors (Lipinski definition) is 0. The Morgan fingerprint density at radius 1 is 1.09 bits per heavy atom. The van der Waals surface area contributed by atoms with E-state index in [0.717, 1.165) is 43.7 Å². The summed E-state index contributed by atoms with van der Waals surface area (Å²) in [6.07, 6.45) is 6.01. The van der Waals surface area contributed by atoms with E-state index in [1.54, 1.807) is 0 Å². The molecule has 1 heterocycles. The van der Waals surface area contributed by atoms with E-state index in [4.69, 9.17) is 0 Å². The van der Waals surface area contributed by atoms with Crippen molar-refractivity contribution in [2.75, 3.05) is 26.2 Å². The fourth-order valence-corrected chi connectivity index (χ4v) is 3.95. The molecule has 0 aromatic heterocycles. The first kappa shape index (κ1) is 15.5. The highest BCUT2D eigenvalue weighted by Crippen LogP contribution is 2.27. The second-order valence-electron chi connectivity index (χ2n) is 7.00. The van der Waals surface area contributed by atoms with E-state index in [1.807, 2.05) is 30.3 Å². The van der Waals surface area contributed by atoms with E-state index in [1.165, 1.54) is 25.7 Å². The summed E-state index contributed by atoms with van der Waals surface area (Å²) >= 11 is 0. The van der Waals surface area contributed by atoms with E-state index in [-0.39, 0.29) is 5.91 Å². The molecule has 1 aromatic carbocycles.